The SMILES string of the molecule is CCCCCCCCCCCCCCCCCC(=O)C(O)(C(=O)CCCCCCCCCCCCCCCCC)C(O)COC(=O)CCCCCCCCCCCCCCC. The number of hydrogen-bond acceptors (Lipinski definition) is 6. The van der Waals surface area contributed by atoms with E-state index in [4.69, 9.17) is 4.74 Å². The highest BCUT2D eigenvalue weighted by atomic mass is 16.5. The van der Waals surface area contributed by atoms with Crippen LogP contribution in [-0.2, 0) is 19.1 Å². The number of hydrogen-bond donors (Lipinski definition) is 2. The minimum Gasteiger partial charge on any atom is -0.463 e. The van der Waals surface area contributed by atoms with Crippen LogP contribution in [0.4, 0.5) is 0 Å². The number of aliphatic hydroxyl groups excluding tert-OH is 1. The Balaban J connectivity index is 4.59. The average molecular weight is 863 g/mol. The molecule has 362 valence electrons. The molecule has 6 heteroatoms. The van der Waals surface area contributed by atoms with Crippen LogP contribution in [0.15, 0.2) is 0 Å². The molecular weight excluding hydrogens is 757 g/mol. The summed E-state index contributed by atoms with van der Waals surface area (Å²) in [6.07, 6.45) is 50.8. The van der Waals surface area contributed by atoms with Crippen molar-refractivity contribution in [2.24, 2.45) is 0 Å². The average Bonchev–Trinajstić information content (AvgIpc) is 3.26. The molecule has 0 amide bonds. The summed E-state index contributed by atoms with van der Waals surface area (Å²) in [7, 11) is 0. The van der Waals surface area contributed by atoms with E-state index < -0.39 is 35.8 Å². The third-order valence-electron chi connectivity index (χ3n) is 13.2. The minimum absolute atomic E-state index is 0.0450. The summed E-state index contributed by atoms with van der Waals surface area (Å²) in [5, 5.41) is 22.7. The Morgan fingerprint density at radius 2 is 0.541 bits per heavy atom. The van der Waals surface area contributed by atoms with E-state index >= 15 is 0 Å². The fourth-order valence-electron chi connectivity index (χ4n) is 8.87. The van der Waals surface area contributed by atoms with Gasteiger partial charge in [0.15, 0.2) is 11.6 Å². The molecule has 0 aromatic heterocycles. The van der Waals surface area contributed by atoms with Gasteiger partial charge in [0.25, 0.3) is 0 Å². The van der Waals surface area contributed by atoms with Crippen molar-refractivity contribution in [3.63, 3.8) is 0 Å². The van der Waals surface area contributed by atoms with Crippen molar-refractivity contribution in [1.82, 2.24) is 0 Å². The van der Waals surface area contributed by atoms with E-state index in [0.29, 0.717) is 19.3 Å². The highest BCUT2D eigenvalue weighted by Crippen LogP contribution is 2.24. The van der Waals surface area contributed by atoms with E-state index in [9.17, 15) is 24.6 Å². The Labute approximate surface area is 380 Å². The maximum atomic E-state index is 13.5. The second-order valence-electron chi connectivity index (χ2n) is 19.2. The number of rotatable bonds is 51. The number of carbonyl (C=O) groups excluding carboxylic acids is 3. The molecule has 0 spiro atoms. The first-order chi connectivity index (χ1) is 29.8. The van der Waals surface area contributed by atoms with Crippen LogP contribution >= 0.6 is 0 Å². The molecule has 61 heavy (non-hydrogen) atoms. The molecule has 0 radical (unpaired) electrons. The van der Waals surface area contributed by atoms with Gasteiger partial charge in [0.2, 0.25) is 5.60 Å². The van der Waals surface area contributed by atoms with Crippen molar-refractivity contribution >= 4 is 17.5 Å². The van der Waals surface area contributed by atoms with Gasteiger partial charge in [-0.2, -0.15) is 0 Å². The molecule has 0 aromatic carbocycles. The van der Waals surface area contributed by atoms with Gasteiger partial charge >= 0.3 is 5.97 Å². The van der Waals surface area contributed by atoms with Gasteiger partial charge in [-0.15, -0.1) is 0 Å². The van der Waals surface area contributed by atoms with Gasteiger partial charge in [-0.05, 0) is 19.3 Å². The van der Waals surface area contributed by atoms with Gasteiger partial charge in [0, 0.05) is 19.3 Å². The highest BCUT2D eigenvalue weighted by Gasteiger charge is 2.49. The molecule has 0 rings (SSSR count). The van der Waals surface area contributed by atoms with E-state index in [0.717, 1.165) is 51.4 Å². The van der Waals surface area contributed by atoms with Crippen molar-refractivity contribution in [3.8, 4) is 0 Å². The topological polar surface area (TPSA) is 101 Å². The van der Waals surface area contributed by atoms with E-state index in [2.05, 4.69) is 20.8 Å². The number of aliphatic hydroxyl groups is 2. The smallest absolute Gasteiger partial charge is 0.305 e. The van der Waals surface area contributed by atoms with Gasteiger partial charge in [-0.25, -0.2) is 0 Å². The summed E-state index contributed by atoms with van der Waals surface area (Å²) in [6, 6.07) is 0. The molecule has 0 aliphatic heterocycles. The summed E-state index contributed by atoms with van der Waals surface area (Å²) >= 11 is 0. The molecule has 0 fully saturated rings. The summed E-state index contributed by atoms with van der Waals surface area (Å²) in [5.41, 5.74) is -2.53. The molecule has 0 bridgehead atoms. The molecule has 0 aliphatic rings. The van der Waals surface area contributed by atoms with Crippen molar-refractivity contribution in [2.75, 3.05) is 6.61 Å². The first kappa shape index (κ1) is 59.7. The quantitative estimate of drug-likeness (QED) is 0.0359. The predicted octanol–water partition coefficient (Wildman–Crippen LogP) is 16.8. The lowest BCUT2D eigenvalue weighted by molar-refractivity contribution is -0.172. The molecule has 2 N–H and O–H groups in total. The second kappa shape index (κ2) is 46.7. The van der Waals surface area contributed by atoms with Gasteiger partial charge < -0.3 is 14.9 Å². The normalized spacial score (nSPS) is 12.3. The van der Waals surface area contributed by atoms with Crippen molar-refractivity contribution in [2.45, 2.75) is 328 Å². The zero-order valence-corrected chi connectivity index (χ0v) is 41.3. The van der Waals surface area contributed by atoms with Crippen LogP contribution in [0.2, 0.25) is 0 Å². The summed E-state index contributed by atoms with van der Waals surface area (Å²) in [4.78, 5) is 39.6. The summed E-state index contributed by atoms with van der Waals surface area (Å²) in [6.45, 7) is 6.24. The van der Waals surface area contributed by atoms with E-state index in [1.54, 1.807) is 0 Å². The summed E-state index contributed by atoms with van der Waals surface area (Å²) < 4.78 is 5.37. The Morgan fingerprint density at radius 3 is 0.770 bits per heavy atom. The number of unbranched alkanes of at least 4 members (excludes halogenated alkanes) is 40. The van der Waals surface area contributed by atoms with Crippen molar-refractivity contribution < 1.29 is 29.3 Å². The Kier molecular flexibility index (Phi) is 45.7. The standard InChI is InChI=1S/C55H106O6/c1-4-7-10-13-16-19-22-25-27-30-32-35-38-41-44-47-51(56)55(60,52(57)48-45-42-39-36-33-31-28-26-23-20-17-14-11-8-5-2)53(58)50-61-54(59)49-46-43-40-37-34-29-24-21-18-15-12-9-6-3/h53,58,60H,4-50H2,1-3H3. The summed E-state index contributed by atoms with van der Waals surface area (Å²) in [5.74, 6) is -1.71. The lowest BCUT2D eigenvalue weighted by atomic mass is 9.82. The molecule has 0 aromatic rings. The molecule has 1 atom stereocenters. The molecule has 0 aliphatic carbocycles. The van der Waals surface area contributed by atoms with Crippen LogP contribution < -0.4 is 0 Å². The van der Waals surface area contributed by atoms with Crippen molar-refractivity contribution in [1.29, 1.82) is 0 Å². The lowest BCUT2D eigenvalue weighted by Crippen LogP contribution is -2.57. The second-order valence-corrected chi connectivity index (χ2v) is 19.2. The first-order valence-electron chi connectivity index (χ1n) is 27.5. The molecule has 0 saturated carbocycles. The van der Waals surface area contributed by atoms with Crippen LogP contribution in [0.25, 0.3) is 0 Å². The van der Waals surface area contributed by atoms with Crippen molar-refractivity contribution in [3.05, 3.63) is 0 Å². The third kappa shape index (κ3) is 37.8. The Hall–Kier alpha value is -1.27. The third-order valence-corrected chi connectivity index (χ3v) is 13.2. The van der Waals surface area contributed by atoms with Gasteiger partial charge in [-0.1, -0.05) is 278 Å². The molecular formula is C55H106O6. The molecule has 0 saturated heterocycles. The van der Waals surface area contributed by atoms with Gasteiger partial charge in [0.1, 0.15) is 12.7 Å². The van der Waals surface area contributed by atoms with E-state index in [1.807, 2.05) is 0 Å². The van der Waals surface area contributed by atoms with E-state index in [-0.39, 0.29) is 19.3 Å². The zero-order valence-electron chi connectivity index (χ0n) is 41.3. The van der Waals surface area contributed by atoms with Crippen LogP contribution in [-0.4, -0.2) is 46.1 Å². The molecule has 1 unspecified atom stereocenters. The number of ketones is 2. The number of ether oxygens (including phenoxy) is 1. The van der Waals surface area contributed by atoms with Crippen LogP contribution in [0.1, 0.15) is 316 Å². The van der Waals surface area contributed by atoms with Gasteiger partial charge in [-0.3, -0.25) is 14.4 Å². The predicted molar refractivity (Wildman–Crippen MR) is 261 cm³/mol. The Morgan fingerprint density at radius 1 is 0.344 bits per heavy atom. The fourth-order valence-corrected chi connectivity index (χ4v) is 8.87. The molecule has 6 nitrogen and oxygen atoms in total. The maximum absolute atomic E-state index is 13.5. The van der Waals surface area contributed by atoms with Gasteiger partial charge in [0.05, 0.1) is 0 Å². The van der Waals surface area contributed by atoms with Crippen LogP contribution in [0.3, 0.4) is 0 Å². The minimum atomic E-state index is -2.53. The number of carbonyl (C=O) groups is 3. The Bertz CT molecular complexity index is 903. The maximum Gasteiger partial charge on any atom is 0.305 e. The molecule has 0 heterocycles. The largest absolute Gasteiger partial charge is 0.463 e. The van der Waals surface area contributed by atoms with Crippen LogP contribution in [0.5, 0.6) is 0 Å². The highest BCUT2D eigenvalue weighted by molar-refractivity contribution is 6.10. The van der Waals surface area contributed by atoms with E-state index in [1.165, 1.54) is 205 Å². The first-order valence-corrected chi connectivity index (χ1v) is 27.5. The number of esters is 1. The number of Topliss-reactive ketones (excluding diaryl/α,β-unsaturated/α-hetero) is 2. The van der Waals surface area contributed by atoms with Crippen LogP contribution in [0, 0.1) is 0 Å². The monoisotopic (exact) mass is 863 g/mol. The fraction of sp³-hybridized carbons (Fsp3) is 0.945. The zero-order chi connectivity index (χ0) is 44.8. The lowest BCUT2D eigenvalue weighted by Gasteiger charge is -2.30.